The fraction of sp³-hybridized carbons (Fsp3) is 1.00. The van der Waals surface area contributed by atoms with Crippen LogP contribution in [0.3, 0.4) is 0 Å². The molecule has 1 fully saturated rings. The van der Waals surface area contributed by atoms with Gasteiger partial charge >= 0.3 is 0 Å². The molecule has 2 atom stereocenters. The van der Waals surface area contributed by atoms with Gasteiger partial charge in [-0.25, -0.2) is 0 Å². The van der Waals surface area contributed by atoms with Gasteiger partial charge in [0.2, 0.25) is 0 Å². The van der Waals surface area contributed by atoms with Crippen LogP contribution in [0.15, 0.2) is 0 Å². The van der Waals surface area contributed by atoms with Crippen molar-refractivity contribution in [3.63, 3.8) is 0 Å². The molecule has 0 aromatic heterocycles. The molecule has 1 aliphatic rings. The molecule has 0 spiro atoms. The number of methoxy groups -OCH3 is 1. The van der Waals surface area contributed by atoms with E-state index in [2.05, 4.69) is 26.1 Å². The summed E-state index contributed by atoms with van der Waals surface area (Å²) in [5.74, 6) is 0. The Bertz CT molecular complexity index is 156. The second-order valence-electron chi connectivity index (χ2n) is 5.06. The van der Waals surface area contributed by atoms with Crippen LogP contribution < -0.4 is 5.32 Å². The summed E-state index contributed by atoms with van der Waals surface area (Å²) in [6.45, 7) is 7.80. The van der Waals surface area contributed by atoms with E-state index in [1.165, 1.54) is 19.3 Å². The first-order chi connectivity index (χ1) is 6.03. The molecule has 2 nitrogen and oxygen atoms in total. The first-order valence-corrected chi connectivity index (χ1v) is 5.30. The molecule has 1 aliphatic carbocycles. The lowest BCUT2D eigenvalue weighted by Crippen LogP contribution is -2.34. The van der Waals surface area contributed by atoms with Gasteiger partial charge < -0.3 is 10.1 Å². The van der Waals surface area contributed by atoms with Crippen molar-refractivity contribution in [1.29, 1.82) is 0 Å². The van der Waals surface area contributed by atoms with E-state index in [-0.39, 0.29) is 0 Å². The molecular formula is C11H23NO. The Labute approximate surface area is 82.0 Å². The van der Waals surface area contributed by atoms with E-state index in [9.17, 15) is 0 Å². The molecule has 1 rings (SSSR count). The lowest BCUT2D eigenvalue weighted by molar-refractivity contribution is 0.114. The second-order valence-corrected chi connectivity index (χ2v) is 5.06. The largest absolute Gasteiger partial charge is 0.380 e. The summed E-state index contributed by atoms with van der Waals surface area (Å²) in [5, 5.41) is 3.56. The third-order valence-corrected chi connectivity index (χ3v) is 3.06. The van der Waals surface area contributed by atoms with Gasteiger partial charge in [0, 0.05) is 19.7 Å². The minimum Gasteiger partial charge on any atom is -0.380 e. The van der Waals surface area contributed by atoms with Gasteiger partial charge in [0.25, 0.3) is 0 Å². The lowest BCUT2D eigenvalue weighted by atomic mass is 9.92. The summed E-state index contributed by atoms with van der Waals surface area (Å²) in [7, 11) is 1.77. The van der Waals surface area contributed by atoms with Crippen molar-refractivity contribution in [3.8, 4) is 0 Å². The molecule has 13 heavy (non-hydrogen) atoms. The summed E-state index contributed by atoms with van der Waals surface area (Å²) < 4.78 is 5.20. The van der Waals surface area contributed by atoms with E-state index in [0.717, 1.165) is 6.54 Å². The lowest BCUT2D eigenvalue weighted by Gasteiger charge is -2.19. The maximum Gasteiger partial charge on any atom is 0.0667 e. The average Bonchev–Trinajstić information content (AvgIpc) is 2.41. The van der Waals surface area contributed by atoms with Crippen molar-refractivity contribution in [1.82, 2.24) is 5.32 Å². The number of ether oxygens (including phenoxy) is 1. The Balaban J connectivity index is 2.17. The summed E-state index contributed by atoms with van der Waals surface area (Å²) in [6.07, 6.45) is 4.32. The van der Waals surface area contributed by atoms with Crippen LogP contribution in [0.25, 0.3) is 0 Å². The molecule has 1 N–H and O–H groups in total. The third kappa shape index (κ3) is 3.65. The molecular weight excluding hydrogens is 162 g/mol. The molecule has 1 saturated carbocycles. The van der Waals surface area contributed by atoms with Gasteiger partial charge in [-0.15, -0.1) is 0 Å². The van der Waals surface area contributed by atoms with Gasteiger partial charge in [0.1, 0.15) is 0 Å². The van der Waals surface area contributed by atoms with Crippen molar-refractivity contribution in [2.75, 3.05) is 13.7 Å². The zero-order valence-electron chi connectivity index (χ0n) is 9.39. The smallest absolute Gasteiger partial charge is 0.0667 e. The van der Waals surface area contributed by atoms with Crippen LogP contribution >= 0.6 is 0 Å². The first kappa shape index (κ1) is 11.0. The predicted octanol–water partition coefficient (Wildman–Crippen LogP) is 2.19. The van der Waals surface area contributed by atoms with E-state index in [0.29, 0.717) is 17.6 Å². The minimum atomic E-state index is 0.337. The van der Waals surface area contributed by atoms with E-state index in [1.807, 2.05) is 0 Å². The molecule has 2 unspecified atom stereocenters. The maximum absolute atomic E-state index is 5.20. The molecule has 0 radical (unpaired) electrons. The van der Waals surface area contributed by atoms with Gasteiger partial charge in [0.15, 0.2) is 0 Å². The molecule has 78 valence electrons. The Hall–Kier alpha value is -0.0800. The molecule has 0 aromatic rings. The molecule has 2 heteroatoms. The summed E-state index contributed by atoms with van der Waals surface area (Å²) in [5.41, 5.74) is 0.550. The van der Waals surface area contributed by atoms with Crippen LogP contribution in [0.2, 0.25) is 0 Å². The van der Waals surface area contributed by atoms with Crippen molar-refractivity contribution >= 4 is 0 Å². The Kier molecular flexibility index (Phi) is 3.74. The molecule has 0 saturated heterocycles. The molecule has 0 bridgehead atoms. The van der Waals surface area contributed by atoms with Crippen molar-refractivity contribution in [2.45, 2.75) is 52.2 Å². The molecule has 0 aromatic carbocycles. The van der Waals surface area contributed by atoms with Crippen molar-refractivity contribution < 1.29 is 4.74 Å². The fourth-order valence-corrected chi connectivity index (χ4v) is 2.03. The highest BCUT2D eigenvalue weighted by Gasteiger charge is 2.30. The topological polar surface area (TPSA) is 21.3 Å². The van der Waals surface area contributed by atoms with E-state index in [1.54, 1.807) is 7.11 Å². The quantitative estimate of drug-likeness (QED) is 0.725. The van der Waals surface area contributed by atoms with E-state index < -0.39 is 0 Å². The van der Waals surface area contributed by atoms with Crippen LogP contribution in [-0.2, 0) is 4.74 Å². The van der Waals surface area contributed by atoms with Crippen LogP contribution in [0.5, 0.6) is 0 Å². The SMILES string of the molecule is COC(C)CNC1CCC(C)(C)C1. The number of hydrogen-bond donors (Lipinski definition) is 1. The Morgan fingerprint density at radius 3 is 2.69 bits per heavy atom. The van der Waals surface area contributed by atoms with E-state index >= 15 is 0 Å². The van der Waals surface area contributed by atoms with Crippen LogP contribution in [0.1, 0.15) is 40.0 Å². The van der Waals surface area contributed by atoms with Crippen molar-refractivity contribution in [3.05, 3.63) is 0 Å². The van der Waals surface area contributed by atoms with Gasteiger partial charge in [-0.1, -0.05) is 13.8 Å². The standard InChI is InChI=1S/C11H23NO/c1-9(13-4)8-12-10-5-6-11(2,3)7-10/h9-10,12H,5-8H2,1-4H3. The number of hydrogen-bond acceptors (Lipinski definition) is 2. The second kappa shape index (κ2) is 4.43. The van der Waals surface area contributed by atoms with Gasteiger partial charge in [-0.05, 0) is 31.6 Å². The summed E-state index contributed by atoms with van der Waals surface area (Å²) in [6, 6.07) is 0.715. The van der Waals surface area contributed by atoms with Crippen LogP contribution in [-0.4, -0.2) is 25.8 Å². The third-order valence-electron chi connectivity index (χ3n) is 3.06. The molecule has 0 heterocycles. The summed E-state index contributed by atoms with van der Waals surface area (Å²) >= 11 is 0. The highest BCUT2D eigenvalue weighted by molar-refractivity contribution is 4.86. The first-order valence-electron chi connectivity index (χ1n) is 5.30. The zero-order valence-corrected chi connectivity index (χ0v) is 9.39. The maximum atomic E-state index is 5.20. The zero-order chi connectivity index (χ0) is 9.90. The van der Waals surface area contributed by atoms with Crippen molar-refractivity contribution in [2.24, 2.45) is 5.41 Å². The molecule has 0 aliphatic heterocycles. The monoisotopic (exact) mass is 185 g/mol. The average molecular weight is 185 g/mol. The predicted molar refractivity (Wildman–Crippen MR) is 55.9 cm³/mol. The molecule has 0 amide bonds. The normalized spacial score (nSPS) is 29.1. The fourth-order valence-electron chi connectivity index (χ4n) is 2.03. The minimum absolute atomic E-state index is 0.337. The number of nitrogens with one attached hydrogen (secondary N) is 1. The Morgan fingerprint density at radius 2 is 2.23 bits per heavy atom. The highest BCUT2D eigenvalue weighted by atomic mass is 16.5. The van der Waals surface area contributed by atoms with Gasteiger partial charge in [0.05, 0.1) is 6.10 Å². The highest BCUT2D eigenvalue weighted by Crippen LogP contribution is 2.36. The Morgan fingerprint density at radius 1 is 1.54 bits per heavy atom. The summed E-state index contributed by atoms with van der Waals surface area (Å²) in [4.78, 5) is 0. The van der Waals surface area contributed by atoms with Crippen LogP contribution in [0, 0.1) is 5.41 Å². The number of rotatable bonds is 4. The van der Waals surface area contributed by atoms with Crippen LogP contribution in [0.4, 0.5) is 0 Å². The van der Waals surface area contributed by atoms with Gasteiger partial charge in [-0.3, -0.25) is 0 Å². The van der Waals surface area contributed by atoms with E-state index in [4.69, 9.17) is 4.74 Å². The van der Waals surface area contributed by atoms with Gasteiger partial charge in [-0.2, -0.15) is 0 Å².